The van der Waals surface area contributed by atoms with E-state index in [1.165, 1.54) is 68.4 Å². The van der Waals surface area contributed by atoms with Crippen LogP contribution in [0.2, 0.25) is 0 Å². The van der Waals surface area contributed by atoms with Crippen LogP contribution in [-0.2, 0) is 12.8 Å². The lowest BCUT2D eigenvalue weighted by Crippen LogP contribution is -2.49. The van der Waals surface area contributed by atoms with E-state index in [-0.39, 0.29) is 0 Å². The molecular formula is C29H45N5. The van der Waals surface area contributed by atoms with Crippen LogP contribution in [0.5, 0.6) is 0 Å². The van der Waals surface area contributed by atoms with Gasteiger partial charge in [-0.05, 0) is 88.1 Å². The van der Waals surface area contributed by atoms with Crippen molar-refractivity contribution in [3.63, 3.8) is 0 Å². The molecule has 5 nitrogen and oxygen atoms in total. The van der Waals surface area contributed by atoms with Crippen LogP contribution in [0.3, 0.4) is 0 Å². The highest BCUT2D eigenvalue weighted by atomic mass is 15.4. The lowest BCUT2D eigenvalue weighted by Gasteiger charge is -2.39. The number of nitrogens with zero attached hydrogens (tertiary/aromatic N) is 5. The topological polar surface area (TPSA) is 35.0 Å². The van der Waals surface area contributed by atoms with Gasteiger partial charge in [0.15, 0.2) is 0 Å². The van der Waals surface area contributed by atoms with Gasteiger partial charge in [0, 0.05) is 43.6 Å². The molecule has 1 aromatic heterocycles. The Labute approximate surface area is 207 Å². The smallest absolute Gasteiger partial charge is 0.0933 e. The highest BCUT2D eigenvalue weighted by molar-refractivity contribution is 5.59. The lowest BCUT2D eigenvalue weighted by molar-refractivity contribution is 0.115. The molecule has 3 atom stereocenters. The second kappa shape index (κ2) is 12.6. The number of hydrogen-bond donors (Lipinski definition) is 0. The van der Waals surface area contributed by atoms with Crippen molar-refractivity contribution in [2.24, 2.45) is 16.8 Å². The van der Waals surface area contributed by atoms with Crippen molar-refractivity contribution in [2.45, 2.75) is 71.4 Å². The number of hydrogen-bond acceptors (Lipinski definition) is 5. The molecule has 1 aromatic rings. The summed E-state index contributed by atoms with van der Waals surface area (Å²) in [6.07, 6.45) is 21.5. The van der Waals surface area contributed by atoms with E-state index in [9.17, 15) is 0 Å². The van der Waals surface area contributed by atoms with Crippen molar-refractivity contribution in [1.82, 2.24) is 19.7 Å². The molecule has 0 saturated carbocycles. The number of aliphatic imine (C=N–C) groups is 1. The van der Waals surface area contributed by atoms with E-state index in [1.807, 2.05) is 6.20 Å². The molecule has 0 radical (unpaired) electrons. The number of likely N-dealkylation sites (N-methyl/N-ethyl adjacent to an activating group) is 1. The number of allylic oxidation sites excluding steroid dienone is 1. The summed E-state index contributed by atoms with van der Waals surface area (Å²) in [4.78, 5) is 16.9. The van der Waals surface area contributed by atoms with Crippen LogP contribution in [-0.4, -0.2) is 72.0 Å². The van der Waals surface area contributed by atoms with Gasteiger partial charge in [0.1, 0.15) is 0 Å². The van der Waals surface area contributed by atoms with Crippen molar-refractivity contribution in [2.75, 3.05) is 39.8 Å². The Bertz CT molecular complexity index is 854. The molecule has 2 unspecified atom stereocenters. The molecule has 0 spiro atoms. The molecule has 3 aliphatic rings. The third kappa shape index (κ3) is 6.79. The average molecular weight is 464 g/mol. The summed E-state index contributed by atoms with van der Waals surface area (Å²) in [6, 6.07) is 4.33. The van der Waals surface area contributed by atoms with Crippen LogP contribution in [0, 0.1) is 11.8 Å². The maximum atomic E-state index is 4.77. The zero-order chi connectivity index (χ0) is 23.8. The number of pyridine rings is 1. The molecule has 34 heavy (non-hydrogen) atoms. The number of rotatable bonds is 11. The lowest BCUT2D eigenvalue weighted by atomic mass is 9.84. The number of aromatic nitrogens is 1. The summed E-state index contributed by atoms with van der Waals surface area (Å²) in [5, 5.41) is 0. The van der Waals surface area contributed by atoms with Crippen molar-refractivity contribution >= 4 is 6.34 Å². The van der Waals surface area contributed by atoms with Gasteiger partial charge in [-0.3, -0.25) is 14.9 Å². The Morgan fingerprint density at radius 1 is 1.26 bits per heavy atom. The molecule has 5 heteroatoms. The minimum Gasteiger partial charge on any atom is -0.322 e. The first-order valence-corrected chi connectivity index (χ1v) is 13.6. The largest absolute Gasteiger partial charge is 0.322 e. The summed E-state index contributed by atoms with van der Waals surface area (Å²) < 4.78 is 0. The molecule has 1 fully saturated rings. The Morgan fingerprint density at radius 3 is 2.94 bits per heavy atom. The van der Waals surface area contributed by atoms with Crippen LogP contribution in [0.25, 0.3) is 0 Å². The fraction of sp³-hybridized carbons (Fsp3) is 0.655. The Morgan fingerprint density at radius 2 is 2.12 bits per heavy atom. The van der Waals surface area contributed by atoms with Crippen molar-refractivity contribution in [1.29, 1.82) is 0 Å². The minimum absolute atomic E-state index is 0.373. The standard InChI is InChI=1S/C29H45N5/c1-4-5-10-24(2)29(33-17-6-7-18-33)34-22-26(20-30-23-34)21-32(3)16-9-11-25-13-14-27-12-8-15-31-28(27)19-25/h5,8,10,12,15,22-25,29H,4,6-7,9,11,13-14,16-21H2,1-3H3/b10-5-/t24?,25-,29?/m0/s1. The highest BCUT2D eigenvalue weighted by Gasteiger charge is 2.30. The number of aryl methyl sites for hydroxylation is 1. The van der Waals surface area contributed by atoms with E-state index >= 15 is 0 Å². The van der Waals surface area contributed by atoms with Crippen LogP contribution in [0.1, 0.15) is 63.6 Å². The van der Waals surface area contributed by atoms with E-state index in [4.69, 9.17) is 4.99 Å². The molecule has 1 saturated heterocycles. The van der Waals surface area contributed by atoms with E-state index in [2.05, 4.69) is 77.4 Å². The van der Waals surface area contributed by atoms with Gasteiger partial charge in [0.05, 0.1) is 19.0 Å². The zero-order valence-corrected chi connectivity index (χ0v) is 21.7. The summed E-state index contributed by atoms with van der Waals surface area (Å²) in [7, 11) is 2.27. The summed E-state index contributed by atoms with van der Waals surface area (Å²) in [5.74, 6) is 1.27. The third-order valence-electron chi connectivity index (χ3n) is 7.72. The molecule has 1 aliphatic carbocycles. The van der Waals surface area contributed by atoms with Crippen LogP contribution < -0.4 is 0 Å². The second-order valence-electron chi connectivity index (χ2n) is 10.6. The first-order valence-electron chi connectivity index (χ1n) is 13.6. The van der Waals surface area contributed by atoms with E-state index in [1.54, 1.807) is 0 Å². The Kier molecular flexibility index (Phi) is 9.34. The van der Waals surface area contributed by atoms with Gasteiger partial charge in [0.25, 0.3) is 0 Å². The zero-order valence-electron chi connectivity index (χ0n) is 21.7. The van der Waals surface area contributed by atoms with Gasteiger partial charge in [-0.2, -0.15) is 0 Å². The van der Waals surface area contributed by atoms with Crippen LogP contribution in [0.15, 0.2) is 47.2 Å². The number of likely N-dealkylation sites (tertiary alicyclic amines) is 1. The van der Waals surface area contributed by atoms with Crippen LogP contribution >= 0.6 is 0 Å². The van der Waals surface area contributed by atoms with Crippen molar-refractivity contribution in [3.8, 4) is 0 Å². The first-order chi connectivity index (χ1) is 16.6. The van der Waals surface area contributed by atoms with E-state index in [0.29, 0.717) is 12.1 Å². The van der Waals surface area contributed by atoms with E-state index < -0.39 is 0 Å². The molecule has 186 valence electrons. The maximum Gasteiger partial charge on any atom is 0.0933 e. The van der Waals surface area contributed by atoms with Crippen molar-refractivity contribution < 1.29 is 0 Å². The van der Waals surface area contributed by atoms with E-state index in [0.717, 1.165) is 38.4 Å². The normalized spacial score (nSPS) is 22.9. The summed E-state index contributed by atoms with van der Waals surface area (Å²) in [6.45, 7) is 9.96. The van der Waals surface area contributed by atoms with Gasteiger partial charge in [0.2, 0.25) is 0 Å². The minimum atomic E-state index is 0.373. The molecule has 0 N–H and O–H groups in total. The predicted molar refractivity (Wildman–Crippen MR) is 143 cm³/mol. The highest BCUT2D eigenvalue weighted by Crippen LogP contribution is 2.27. The summed E-state index contributed by atoms with van der Waals surface area (Å²) in [5.41, 5.74) is 4.24. The molecular weight excluding hydrogens is 418 g/mol. The van der Waals surface area contributed by atoms with Gasteiger partial charge in [-0.1, -0.05) is 32.1 Å². The van der Waals surface area contributed by atoms with Gasteiger partial charge >= 0.3 is 0 Å². The first kappa shape index (κ1) is 25.1. The molecule has 2 aliphatic heterocycles. The Hall–Kier alpha value is -1.98. The monoisotopic (exact) mass is 463 g/mol. The van der Waals surface area contributed by atoms with Gasteiger partial charge in [-0.25, -0.2) is 0 Å². The number of fused-ring (bicyclic) bond motifs is 1. The average Bonchev–Trinajstić information content (AvgIpc) is 3.37. The quantitative estimate of drug-likeness (QED) is 0.425. The molecule has 0 bridgehead atoms. The van der Waals surface area contributed by atoms with Crippen molar-refractivity contribution in [3.05, 3.63) is 53.5 Å². The maximum absolute atomic E-state index is 4.77. The molecule has 0 amide bonds. The predicted octanol–water partition coefficient (Wildman–Crippen LogP) is 5.15. The molecule has 0 aromatic carbocycles. The molecule has 3 heterocycles. The summed E-state index contributed by atoms with van der Waals surface area (Å²) >= 11 is 0. The van der Waals surface area contributed by atoms with Crippen LogP contribution in [0.4, 0.5) is 0 Å². The third-order valence-corrected chi connectivity index (χ3v) is 7.72. The SMILES string of the molecule is CC/C=C\C(C)C(N1C=NCC(CN(C)CCC[C@H]2CCc3cccnc3C2)=C1)N1CCCC1. The fourth-order valence-corrected chi connectivity index (χ4v) is 5.96. The fourth-order valence-electron chi connectivity index (χ4n) is 5.96. The Balaban J connectivity index is 1.28. The van der Waals surface area contributed by atoms with Gasteiger partial charge in [-0.15, -0.1) is 0 Å². The molecule has 4 rings (SSSR count). The second-order valence-corrected chi connectivity index (χ2v) is 10.6. The van der Waals surface area contributed by atoms with Gasteiger partial charge < -0.3 is 9.80 Å².